The zero-order chi connectivity index (χ0) is 12.6. The summed E-state index contributed by atoms with van der Waals surface area (Å²) in [5, 5.41) is 2.64. The SMILES string of the molecule is C[C@@H]1C[C@H]1C(=O)Nc1ccc(F)c(C(N)=O)c1. The first-order chi connectivity index (χ1) is 7.99. The van der Waals surface area contributed by atoms with Gasteiger partial charge in [-0.05, 0) is 30.5 Å². The Kier molecular flexibility index (Phi) is 2.83. The Balaban J connectivity index is 2.14. The highest BCUT2D eigenvalue weighted by molar-refractivity contribution is 5.97. The topological polar surface area (TPSA) is 72.2 Å². The Morgan fingerprint density at radius 3 is 2.65 bits per heavy atom. The summed E-state index contributed by atoms with van der Waals surface area (Å²) in [6.45, 7) is 1.99. The van der Waals surface area contributed by atoms with Gasteiger partial charge in [0.1, 0.15) is 5.82 Å². The summed E-state index contributed by atoms with van der Waals surface area (Å²) in [6, 6.07) is 3.78. The summed E-state index contributed by atoms with van der Waals surface area (Å²) in [6.07, 6.45) is 0.871. The highest BCUT2D eigenvalue weighted by Crippen LogP contribution is 2.38. The third-order valence-electron chi connectivity index (χ3n) is 2.95. The van der Waals surface area contributed by atoms with E-state index >= 15 is 0 Å². The molecule has 1 aliphatic carbocycles. The molecular formula is C12H13FN2O2. The van der Waals surface area contributed by atoms with Crippen molar-refractivity contribution < 1.29 is 14.0 Å². The first kappa shape index (κ1) is 11.6. The number of carbonyl (C=O) groups excluding carboxylic acids is 2. The number of nitrogens with one attached hydrogen (secondary N) is 1. The maximum atomic E-state index is 13.2. The predicted molar refractivity (Wildman–Crippen MR) is 60.8 cm³/mol. The van der Waals surface area contributed by atoms with Gasteiger partial charge in [0.15, 0.2) is 0 Å². The molecule has 3 N–H and O–H groups in total. The van der Waals surface area contributed by atoms with Crippen molar-refractivity contribution in [3.8, 4) is 0 Å². The average Bonchev–Trinajstić information content (AvgIpc) is 2.98. The maximum absolute atomic E-state index is 13.2. The zero-order valence-electron chi connectivity index (χ0n) is 9.37. The number of primary amides is 1. The van der Waals surface area contributed by atoms with E-state index < -0.39 is 11.7 Å². The van der Waals surface area contributed by atoms with Gasteiger partial charge in [0.2, 0.25) is 5.91 Å². The lowest BCUT2D eigenvalue weighted by atomic mass is 10.1. The molecule has 0 aliphatic heterocycles. The van der Waals surface area contributed by atoms with E-state index in [1.54, 1.807) is 0 Å². The van der Waals surface area contributed by atoms with Crippen LogP contribution in [0.5, 0.6) is 0 Å². The number of benzene rings is 1. The summed E-state index contributed by atoms with van der Waals surface area (Å²) in [4.78, 5) is 22.6. The van der Waals surface area contributed by atoms with E-state index in [1.165, 1.54) is 12.1 Å². The first-order valence-electron chi connectivity index (χ1n) is 5.39. The molecule has 0 radical (unpaired) electrons. The molecule has 0 spiro atoms. The van der Waals surface area contributed by atoms with E-state index in [-0.39, 0.29) is 17.4 Å². The van der Waals surface area contributed by atoms with Crippen molar-refractivity contribution in [2.75, 3.05) is 5.32 Å². The molecule has 2 rings (SSSR count). The van der Waals surface area contributed by atoms with Crippen molar-refractivity contribution in [2.45, 2.75) is 13.3 Å². The van der Waals surface area contributed by atoms with Gasteiger partial charge in [-0.3, -0.25) is 9.59 Å². The largest absolute Gasteiger partial charge is 0.366 e. The Bertz CT molecular complexity index is 487. The standard InChI is InChI=1S/C12H13FN2O2/c1-6-4-8(6)12(17)15-7-2-3-10(13)9(5-7)11(14)16/h2-3,5-6,8H,4H2,1H3,(H2,14,16)(H,15,17)/t6-,8-/m1/s1. The van der Waals surface area contributed by atoms with Gasteiger partial charge >= 0.3 is 0 Å². The number of halogens is 1. The molecule has 1 aliphatic rings. The molecule has 0 saturated heterocycles. The minimum atomic E-state index is -0.849. The van der Waals surface area contributed by atoms with Crippen molar-refractivity contribution in [3.63, 3.8) is 0 Å². The molecule has 2 amide bonds. The number of anilines is 1. The molecule has 1 saturated carbocycles. The minimum absolute atomic E-state index is 0.0251. The van der Waals surface area contributed by atoms with Crippen molar-refractivity contribution in [1.29, 1.82) is 0 Å². The Morgan fingerprint density at radius 2 is 2.12 bits per heavy atom. The van der Waals surface area contributed by atoms with Gasteiger partial charge in [-0.15, -0.1) is 0 Å². The molecule has 0 bridgehead atoms. The maximum Gasteiger partial charge on any atom is 0.251 e. The van der Waals surface area contributed by atoms with Crippen molar-refractivity contribution in [2.24, 2.45) is 17.6 Å². The third kappa shape index (κ3) is 2.43. The number of carbonyl (C=O) groups is 2. The number of amides is 2. The molecule has 4 nitrogen and oxygen atoms in total. The van der Waals surface area contributed by atoms with E-state index in [2.05, 4.69) is 5.32 Å². The predicted octanol–water partition coefficient (Wildman–Crippen LogP) is 1.52. The van der Waals surface area contributed by atoms with Gasteiger partial charge in [-0.1, -0.05) is 6.92 Å². The smallest absolute Gasteiger partial charge is 0.251 e. The van der Waals surface area contributed by atoms with Crippen LogP contribution in [0.25, 0.3) is 0 Å². The summed E-state index contributed by atoms with van der Waals surface area (Å²) in [5.41, 5.74) is 5.19. The fraction of sp³-hybridized carbons (Fsp3) is 0.333. The molecule has 1 fully saturated rings. The molecule has 0 unspecified atom stereocenters. The van der Waals surface area contributed by atoms with E-state index in [0.29, 0.717) is 11.6 Å². The van der Waals surface area contributed by atoms with Crippen LogP contribution < -0.4 is 11.1 Å². The lowest BCUT2D eigenvalue weighted by Crippen LogP contribution is -2.17. The minimum Gasteiger partial charge on any atom is -0.366 e. The van der Waals surface area contributed by atoms with E-state index in [9.17, 15) is 14.0 Å². The second kappa shape index (κ2) is 4.16. The van der Waals surface area contributed by atoms with Crippen LogP contribution in [-0.4, -0.2) is 11.8 Å². The number of hydrogen-bond acceptors (Lipinski definition) is 2. The van der Waals surface area contributed by atoms with Crippen LogP contribution >= 0.6 is 0 Å². The van der Waals surface area contributed by atoms with Crippen LogP contribution in [0.1, 0.15) is 23.7 Å². The fourth-order valence-corrected chi connectivity index (χ4v) is 1.71. The lowest BCUT2D eigenvalue weighted by molar-refractivity contribution is -0.117. The molecule has 1 aromatic rings. The van der Waals surface area contributed by atoms with Crippen LogP contribution in [0, 0.1) is 17.7 Å². The second-order valence-corrected chi connectivity index (χ2v) is 4.37. The Hall–Kier alpha value is -1.91. The van der Waals surface area contributed by atoms with Crippen LogP contribution in [0.2, 0.25) is 0 Å². The van der Waals surface area contributed by atoms with Crippen molar-refractivity contribution >= 4 is 17.5 Å². The van der Waals surface area contributed by atoms with Gasteiger partial charge in [0.25, 0.3) is 5.91 Å². The number of hydrogen-bond donors (Lipinski definition) is 2. The van der Waals surface area contributed by atoms with E-state index in [0.717, 1.165) is 12.5 Å². The summed E-state index contributed by atoms with van der Waals surface area (Å²) < 4.78 is 13.2. The highest BCUT2D eigenvalue weighted by Gasteiger charge is 2.39. The summed E-state index contributed by atoms with van der Waals surface area (Å²) in [5.74, 6) is -1.21. The molecule has 0 aromatic heterocycles. The molecule has 5 heteroatoms. The van der Waals surface area contributed by atoms with Crippen molar-refractivity contribution in [3.05, 3.63) is 29.6 Å². The zero-order valence-corrected chi connectivity index (χ0v) is 9.37. The van der Waals surface area contributed by atoms with Crippen molar-refractivity contribution in [1.82, 2.24) is 0 Å². The molecule has 17 heavy (non-hydrogen) atoms. The van der Waals surface area contributed by atoms with Gasteiger partial charge in [-0.2, -0.15) is 0 Å². The lowest BCUT2D eigenvalue weighted by Gasteiger charge is -2.06. The summed E-state index contributed by atoms with van der Waals surface area (Å²) in [7, 11) is 0. The van der Waals surface area contributed by atoms with E-state index in [1.807, 2.05) is 6.92 Å². The average molecular weight is 236 g/mol. The highest BCUT2D eigenvalue weighted by atomic mass is 19.1. The van der Waals surface area contributed by atoms with Crippen LogP contribution in [0.15, 0.2) is 18.2 Å². The van der Waals surface area contributed by atoms with Crippen LogP contribution in [0.3, 0.4) is 0 Å². The van der Waals surface area contributed by atoms with Gasteiger partial charge in [0.05, 0.1) is 5.56 Å². The second-order valence-electron chi connectivity index (χ2n) is 4.37. The van der Waals surface area contributed by atoms with Gasteiger partial charge in [0, 0.05) is 11.6 Å². The van der Waals surface area contributed by atoms with Gasteiger partial charge in [-0.25, -0.2) is 4.39 Å². The molecule has 0 heterocycles. The van der Waals surface area contributed by atoms with E-state index in [4.69, 9.17) is 5.73 Å². The monoisotopic (exact) mass is 236 g/mol. The third-order valence-corrected chi connectivity index (χ3v) is 2.95. The quantitative estimate of drug-likeness (QED) is 0.835. The normalized spacial score (nSPS) is 22.0. The van der Waals surface area contributed by atoms with Crippen LogP contribution in [0.4, 0.5) is 10.1 Å². The summed E-state index contributed by atoms with van der Waals surface area (Å²) >= 11 is 0. The molecule has 90 valence electrons. The van der Waals surface area contributed by atoms with Crippen LogP contribution in [-0.2, 0) is 4.79 Å². The molecule has 2 atom stereocenters. The molecular weight excluding hydrogens is 223 g/mol. The fourth-order valence-electron chi connectivity index (χ4n) is 1.71. The number of nitrogens with two attached hydrogens (primary N) is 1. The number of rotatable bonds is 3. The van der Waals surface area contributed by atoms with Gasteiger partial charge < -0.3 is 11.1 Å². The Morgan fingerprint density at radius 1 is 1.47 bits per heavy atom. The Labute approximate surface area is 98.0 Å². The first-order valence-corrected chi connectivity index (χ1v) is 5.39. The molecule has 1 aromatic carbocycles.